The van der Waals surface area contributed by atoms with E-state index in [0.29, 0.717) is 24.3 Å². The summed E-state index contributed by atoms with van der Waals surface area (Å²) < 4.78 is 7.08. The normalized spacial score (nSPS) is 19.9. The van der Waals surface area contributed by atoms with E-state index in [1.807, 2.05) is 31.2 Å². The van der Waals surface area contributed by atoms with E-state index in [2.05, 4.69) is 0 Å². The Kier molecular flexibility index (Phi) is 4.63. The van der Waals surface area contributed by atoms with Crippen molar-refractivity contribution in [3.05, 3.63) is 64.1 Å². The summed E-state index contributed by atoms with van der Waals surface area (Å²) in [5.74, 6) is 0.444. The Morgan fingerprint density at radius 1 is 1.28 bits per heavy atom. The second kappa shape index (κ2) is 6.72. The molecule has 1 saturated heterocycles. The highest BCUT2D eigenvalue weighted by Gasteiger charge is 2.39. The van der Waals surface area contributed by atoms with Crippen molar-refractivity contribution in [2.24, 2.45) is 7.05 Å². The molecule has 1 aromatic heterocycles. The highest BCUT2D eigenvalue weighted by Crippen LogP contribution is 2.24. The number of carbonyl (C=O) groups is 1. The molecule has 1 N–H and O–H groups in total. The molecule has 2 heterocycles. The van der Waals surface area contributed by atoms with Gasteiger partial charge in [0.2, 0.25) is 0 Å². The molecule has 0 radical (unpaired) electrons. The number of likely N-dealkylation sites (tertiary alicyclic amines) is 1. The zero-order valence-corrected chi connectivity index (χ0v) is 14.4. The van der Waals surface area contributed by atoms with Gasteiger partial charge in [0.1, 0.15) is 18.0 Å². The van der Waals surface area contributed by atoms with E-state index in [4.69, 9.17) is 4.74 Å². The lowest BCUT2D eigenvalue weighted by atomic mass is 10.1. The molecule has 1 aliphatic rings. The van der Waals surface area contributed by atoms with Crippen LogP contribution in [0.15, 0.2) is 47.4 Å². The molecule has 1 aromatic carbocycles. The fourth-order valence-electron chi connectivity index (χ4n) is 2.86. The summed E-state index contributed by atoms with van der Waals surface area (Å²) >= 11 is 0. The van der Waals surface area contributed by atoms with Gasteiger partial charge < -0.3 is 19.3 Å². The summed E-state index contributed by atoms with van der Waals surface area (Å²) in [6, 6.07) is 10.5. The van der Waals surface area contributed by atoms with E-state index >= 15 is 0 Å². The number of hydrogen-bond acceptors (Lipinski definition) is 4. The van der Waals surface area contributed by atoms with Gasteiger partial charge in [0.05, 0.1) is 6.54 Å². The van der Waals surface area contributed by atoms with E-state index in [1.165, 1.54) is 10.6 Å². The highest BCUT2D eigenvalue weighted by molar-refractivity contribution is 5.94. The third kappa shape index (κ3) is 3.91. The molecule has 0 spiro atoms. The number of pyridine rings is 1. The summed E-state index contributed by atoms with van der Waals surface area (Å²) in [4.78, 5) is 25.8. The van der Waals surface area contributed by atoms with E-state index in [9.17, 15) is 14.7 Å². The van der Waals surface area contributed by atoms with Crippen molar-refractivity contribution in [3.63, 3.8) is 0 Å². The maximum atomic E-state index is 12.5. The van der Waals surface area contributed by atoms with Gasteiger partial charge in [0.15, 0.2) is 0 Å². The minimum absolute atomic E-state index is 0.121. The van der Waals surface area contributed by atoms with Crippen LogP contribution in [0.1, 0.15) is 22.3 Å². The third-order valence-corrected chi connectivity index (χ3v) is 4.50. The average molecular weight is 342 g/mol. The van der Waals surface area contributed by atoms with Crippen LogP contribution >= 0.6 is 0 Å². The van der Waals surface area contributed by atoms with E-state index < -0.39 is 5.60 Å². The van der Waals surface area contributed by atoms with Crippen LogP contribution < -0.4 is 10.3 Å². The number of hydrogen-bond donors (Lipinski definition) is 1. The number of carbonyl (C=O) groups excluding carboxylic acids is 1. The van der Waals surface area contributed by atoms with Crippen molar-refractivity contribution >= 4 is 5.91 Å². The maximum Gasteiger partial charge on any atom is 0.254 e. The first-order valence-corrected chi connectivity index (χ1v) is 8.24. The Bertz CT molecular complexity index is 828. The number of ether oxygens (including phenoxy) is 1. The summed E-state index contributed by atoms with van der Waals surface area (Å²) in [5.41, 5.74) is 0.160. The van der Waals surface area contributed by atoms with Gasteiger partial charge in [0, 0.05) is 31.4 Å². The molecule has 0 aliphatic carbocycles. The van der Waals surface area contributed by atoms with Crippen molar-refractivity contribution in [3.8, 4) is 5.75 Å². The first kappa shape index (κ1) is 17.2. The fraction of sp³-hybridized carbons (Fsp3) is 0.368. The molecule has 0 saturated carbocycles. The van der Waals surface area contributed by atoms with Crippen LogP contribution in [-0.4, -0.2) is 45.8 Å². The number of aliphatic hydroxyl groups is 1. The minimum Gasteiger partial charge on any atom is -0.491 e. The summed E-state index contributed by atoms with van der Waals surface area (Å²) in [6.07, 6.45) is 2.01. The summed E-state index contributed by atoms with van der Waals surface area (Å²) in [6.45, 7) is 2.74. The van der Waals surface area contributed by atoms with Crippen molar-refractivity contribution in [2.45, 2.75) is 18.9 Å². The molecule has 132 valence electrons. The molecule has 0 unspecified atom stereocenters. The maximum absolute atomic E-state index is 12.5. The molecule has 3 rings (SSSR count). The topological polar surface area (TPSA) is 71.8 Å². The van der Waals surface area contributed by atoms with Crippen LogP contribution in [0.3, 0.4) is 0 Å². The van der Waals surface area contributed by atoms with Gasteiger partial charge in [-0.3, -0.25) is 9.59 Å². The zero-order valence-electron chi connectivity index (χ0n) is 14.4. The van der Waals surface area contributed by atoms with Gasteiger partial charge in [-0.05, 0) is 31.5 Å². The van der Waals surface area contributed by atoms with Crippen molar-refractivity contribution in [1.82, 2.24) is 9.47 Å². The molecular weight excluding hydrogens is 320 g/mol. The van der Waals surface area contributed by atoms with Gasteiger partial charge in [-0.1, -0.05) is 17.7 Å². The van der Waals surface area contributed by atoms with Crippen LogP contribution in [-0.2, 0) is 7.05 Å². The zero-order chi connectivity index (χ0) is 18.0. The first-order valence-electron chi connectivity index (χ1n) is 8.24. The SMILES string of the molecule is Cc1ccc(OC[C@@]2(O)CCN(C(=O)c3ccn(C)c(=O)c3)C2)cc1. The lowest BCUT2D eigenvalue weighted by Crippen LogP contribution is -2.40. The molecule has 6 heteroatoms. The Hall–Kier alpha value is -2.60. The number of aryl methyl sites for hydroxylation is 2. The smallest absolute Gasteiger partial charge is 0.254 e. The molecule has 1 fully saturated rings. The Labute approximate surface area is 146 Å². The van der Waals surface area contributed by atoms with Crippen molar-refractivity contribution in [2.75, 3.05) is 19.7 Å². The number of benzene rings is 1. The lowest BCUT2D eigenvalue weighted by Gasteiger charge is -2.23. The van der Waals surface area contributed by atoms with Gasteiger partial charge in [0.25, 0.3) is 11.5 Å². The van der Waals surface area contributed by atoms with E-state index in [1.54, 1.807) is 24.2 Å². The van der Waals surface area contributed by atoms with Crippen molar-refractivity contribution < 1.29 is 14.6 Å². The van der Waals surface area contributed by atoms with Crippen LogP contribution in [0, 0.1) is 6.92 Å². The first-order chi connectivity index (χ1) is 11.9. The molecule has 1 amide bonds. The van der Waals surface area contributed by atoms with E-state index in [-0.39, 0.29) is 24.6 Å². The Morgan fingerprint density at radius 2 is 2.00 bits per heavy atom. The largest absolute Gasteiger partial charge is 0.491 e. The van der Waals surface area contributed by atoms with Crippen LogP contribution in [0.4, 0.5) is 0 Å². The molecule has 0 bridgehead atoms. The molecule has 1 aliphatic heterocycles. The molecule has 25 heavy (non-hydrogen) atoms. The van der Waals surface area contributed by atoms with Gasteiger partial charge in [-0.15, -0.1) is 0 Å². The Morgan fingerprint density at radius 3 is 2.68 bits per heavy atom. The summed E-state index contributed by atoms with van der Waals surface area (Å²) in [7, 11) is 1.63. The monoisotopic (exact) mass is 342 g/mol. The van der Waals surface area contributed by atoms with Crippen LogP contribution in [0.5, 0.6) is 5.75 Å². The predicted octanol–water partition coefficient (Wildman–Crippen LogP) is 1.35. The standard InChI is InChI=1S/C19H22N2O4/c1-14-3-5-16(6-4-14)25-13-19(24)8-10-21(12-19)18(23)15-7-9-20(2)17(22)11-15/h3-7,9,11,24H,8,10,12-13H2,1-2H3/t19-/m1/s1. The van der Waals surface area contributed by atoms with Crippen LogP contribution in [0.2, 0.25) is 0 Å². The summed E-state index contributed by atoms with van der Waals surface area (Å²) in [5, 5.41) is 10.7. The van der Waals surface area contributed by atoms with Gasteiger partial charge in [-0.25, -0.2) is 0 Å². The van der Waals surface area contributed by atoms with Crippen LogP contribution in [0.25, 0.3) is 0 Å². The lowest BCUT2D eigenvalue weighted by molar-refractivity contribution is 0.00430. The molecule has 2 aromatic rings. The number of rotatable bonds is 4. The number of aromatic nitrogens is 1. The predicted molar refractivity (Wildman–Crippen MR) is 93.8 cm³/mol. The minimum atomic E-state index is -1.08. The number of β-amino-alcohol motifs (C(OH)–C–C–N with tert-alkyl or cyclic N) is 1. The van der Waals surface area contributed by atoms with Gasteiger partial charge in [-0.2, -0.15) is 0 Å². The van der Waals surface area contributed by atoms with Crippen molar-refractivity contribution in [1.29, 1.82) is 0 Å². The second-order valence-electron chi connectivity index (χ2n) is 6.67. The van der Waals surface area contributed by atoms with Gasteiger partial charge >= 0.3 is 0 Å². The fourth-order valence-corrected chi connectivity index (χ4v) is 2.86. The second-order valence-corrected chi connectivity index (χ2v) is 6.67. The molecular formula is C19H22N2O4. The Balaban J connectivity index is 1.63. The quantitative estimate of drug-likeness (QED) is 0.910. The van der Waals surface area contributed by atoms with E-state index in [0.717, 1.165) is 5.56 Å². The molecule has 1 atom stereocenters. The third-order valence-electron chi connectivity index (χ3n) is 4.50. The molecule has 6 nitrogen and oxygen atoms in total. The average Bonchev–Trinajstić information content (AvgIpc) is 2.99. The number of nitrogens with zero attached hydrogens (tertiary/aromatic N) is 2. The highest BCUT2D eigenvalue weighted by atomic mass is 16.5. The number of amides is 1.